The molecule has 2 aromatic heterocycles. The number of rotatable bonds is 2. The minimum absolute atomic E-state index is 1.08. The molecule has 3 rings (SSSR count). The smallest absolute Gasteiger partial charge is 0.0919 e. The maximum atomic E-state index is 4.41. The molecule has 0 radical (unpaired) electrons. The Morgan fingerprint density at radius 3 is 2.71 bits per heavy atom. The maximum Gasteiger partial charge on any atom is 0.0919 e. The SMILES string of the molecule is Cc1cn(Sc2ccccc2)c2cccnc12. The fourth-order valence-corrected chi connectivity index (χ4v) is 2.82. The molecule has 3 heteroatoms. The molecule has 84 valence electrons. The molecular weight excluding hydrogens is 228 g/mol. The molecule has 0 spiro atoms. The summed E-state index contributed by atoms with van der Waals surface area (Å²) in [5, 5.41) is 0. The molecule has 2 heterocycles. The first-order valence-corrected chi connectivity index (χ1v) is 6.28. The van der Waals surface area contributed by atoms with Crippen LogP contribution in [0.5, 0.6) is 0 Å². The first-order valence-electron chi connectivity index (χ1n) is 5.51. The Morgan fingerprint density at radius 2 is 1.88 bits per heavy atom. The Hall–Kier alpha value is -1.74. The molecule has 0 bridgehead atoms. The van der Waals surface area contributed by atoms with Gasteiger partial charge < -0.3 is 0 Å². The molecule has 0 atom stereocenters. The van der Waals surface area contributed by atoms with Crippen LogP contribution >= 0.6 is 11.9 Å². The van der Waals surface area contributed by atoms with Crippen molar-refractivity contribution in [1.82, 2.24) is 8.96 Å². The maximum absolute atomic E-state index is 4.41. The van der Waals surface area contributed by atoms with Crippen LogP contribution in [0.15, 0.2) is 59.8 Å². The zero-order chi connectivity index (χ0) is 11.7. The van der Waals surface area contributed by atoms with Gasteiger partial charge in [-0.2, -0.15) is 0 Å². The summed E-state index contributed by atoms with van der Waals surface area (Å²) in [6, 6.07) is 14.4. The van der Waals surface area contributed by atoms with Gasteiger partial charge in [0.1, 0.15) is 0 Å². The summed E-state index contributed by atoms with van der Waals surface area (Å²) >= 11 is 1.71. The van der Waals surface area contributed by atoms with E-state index < -0.39 is 0 Å². The molecule has 0 saturated carbocycles. The van der Waals surface area contributed by atoms with Crippen molar-refractivity contribution < 1.29 is 0 Å². The number of fused-ring (bicyclic) bond motifs is 1. The highest BCUT2D eigenvalue weighted by molar-refractivity contribution is 7.98. The van der Waals surface area contributed by atoms with E-state index in [-0.39, 0.29) is 0 Å². The van der Waals surface area contributed by atoms with Crippen molar-refractivity contribution in [2.75, 3.05) is 0 Å². The second-order valence-corrected chi connectivity index (χ2v) is 4.96. The van der Waals surface area contributed by atoms with Crippen molar-refractivity contribution in [3.8, 4) is 0 Å². The summed E-state index contributed by atoms with van der Waals surface area (Å²) in [7, 11) is 0. The number of nitrogens with zero attached hydrogens (tertiary/aromatic N) is 2. The van der Waals surface area contributed by atoms with Gasteiger partial charge in [0.05, 0.1) is 11.0 Å². The average Bonchev–Trinajstić information content (AvgIpc) is 2.69. The van der Waals surface area contributed by atoms with Crippen LogP contribution < -0.4 is 0 Å². The van der Waals surface area contributed by atoms with Gasteiger partial charge >= 0.3 is 0 Å². The number of hydrogen-bond acceptors (Lipinski definition) is 2. The molecular formula is C14H12N2S. The summed E-state index contributed by atoms with van der Waals surface area (Å²) in [6.07, 6.45) is 3.97. The molecule has 0 aliphatic rings. The summed E-state index contributed by atoms with van der Waals surface area (Å²) in [6.45, 7) is 2.09. The fraction of sp³-hybridized carbons (Fsp3) is 0.0714. The second-order valence-electron chi connectivity index (χ2n) is 3.91. The molecule has 17 heavy (non-hydrogen) atoms. The molecule has 0 unspecified atom stereocenters. The molecule has 2 nitrogen and oxygen atoms in total. The Kier molecular flexibility index (Phi) is 2.61. The quantitative estimate of drug-likeness (QED) is 0.676. The van der Waals surface area contributed by atoms with Gasteiger partial charge in [-0.05, 0) is 48.7 Å². The van der Waals surface area contributed by atoms with Gasteiger partial charge in [0.15, 0.2) is 0 Å². The van der Waals surface area contributed by atoms with E-state index in [0.717, 1.165) is 5.52 Å². The monoisotopic (exact) mass is 240 g/mol. The lowest BCUT2D eigenvalue weighted by Crippen LogP contribution is -1.84. The Morgan fingerprint density at radius 1 is 1.06 bits per heavy atom. The van der Waals surface area contributed by atoms with E-state index in [2.05, 4.69) is 52.4 Å². The molecule has 0 saturated heterocycles. The predicted octanol–water partition coefficient (Wildman–Crippen LogP) is 3.90. The highest BCUT2D eigenvalue weighted by Gasteiger charge is 2.06. The standard InChI is InChI=1S/C14H12N2S/c1-11-10-16(13-8-5-9-15-14(11)13)17-12-6-3-2-4-7-12/h2-10H,1H3. The number of aryl methyl sites for hydroxylation is 1. The second kappa shape index (κ2) is 4.26. The van der Waals surface area contributed by atoms with Crippen LogP contribution in [0.2, 0.25) is 0 Å². The molecule has 0 aliphatic heterocycles. The Balaban J connectivity index is 2.07. The first kappa shape index (κ1) is 10.4. The first-order chi connectivity index (χ1) is 8.34. The number of hydrogen-bond donors (Lipinski definition) is 0. The van der Waals surface area contributed by atoms with Gasteiger partial charge in [0.2, 0.25) is 0 Å². The van der Waals surface area contributed by atoms with E-state index in [1.807, 2.05) is 18.3 Å². The van der Waals surface area contributed by atoms with Gasteiger partial charge in [-0.3, -0.25) is 8.96 Å². The normalized spacial score (nSPS) is 10.9. The van der Waals surface area contributed by atoms with Crippen molar-refractivity contribution in [3.63, 3.8) is 0 Å². The molecule has 3 aromatic rings. The van der Waals surface area contributed by atoms with Gasteiger partial charge in [-0.25, -0.2) is 0 Å². The van der Waals surface area contributed by atoms with Gasteiger partial charge in [0.25, 0.3) is 0 Å². The zero-order valence-corrected chi connectivity index (χ0v) is 10.3. The van der Waals surface area contributed by atoms with Gasteiger partial charge in [-0.15, -0.1) is 0 Å². The van der Waals surface area contributed by atoms with Crippen LogP contribution in [0.25, 0.3) is 11.0 Å². The van der Waals surface area contributed by atoms with Crippen molar-refractivity contribution in [3.05, 3.63) is 60.4 Å². The number of pyridine rings is 1. The van der Waals surface area contributed by atoms with E-state index in [9.17, 15) is 0 Å². The third-order valence-corrected chi connectivity index (χ3v) is 3.64. The van der Waals surface area contributed by atoms with E-state index in [4.69, 9.17) is 0 Å². The summed E-state index contributed by atoms with van der Waals surface area (Å²) in [5.74, 6) is 0. The van der Waals surface area contributed by atoms with E-state index in [1.54, 1.807) is 11.9 Å². The molecule has 1 aromatic carbocycles. The van der Waals surface area contributed by atoms with E-state index in [1.165, 1.54) is 16.0 Å². The topological polar surface area (TPSA) is 17.8 Å². The van der Waals surface area contributed by atoms with Crippen LogP contribution in [0.3, 0.4) is 0 Å². The van der Waals surface area contributed by atoms with Crippen molar-refractivity contribution in [2.24, 2.45) is 0 Å². The van der Waals surface area contributed by atoms with Crippen LogP contribution in [0.4, 0.5) is 0 Å². The molecule has 0 N–H and O–H groups in total. The van der Waals surface area contributed by atoms with Crippen molar-refractivity contribution >= 4 is 23.0 Å². The third-order valence-electron chi connectivity index (χ3n) is 2.66. The fourth-order valence-electron chi connectivity index (χ4n) is 1.86. The van der Waals surface area contributed by atoms with Crippen LogP contribution in [-0.2, 0) is 0 Å². The molecule has 0 fully saturated rings. The number of benzene rings is 1. The Labute approximate surface area is 104 Å². The van der Waals surface area contributed by atoms with E-state index >= 15 is 0 Å². The highest BCUT2D eigenvalue weighted by atomic mass is 32.2. The van der Waals surface area contributed by atoms with Gasteiger partial charge in [-0.1, -0.05) is 18.2 Å². The summed E-state index contributed by atoms with van der Waals surface area (Å²) in [5.41, 5.74) is 3.46. The average molecular weight is 240 g/mol. The minimum atomic E-state index is 1.08. The van der Waals surface area contributed by atoms with Crippen molar-refractivity contribution in [1.29, 1.82) is 0 Å². The third kappa shape index (κ3) is 1.94. The summed E-state index contributed by atoms with van der Waals surface area (Å²) in [4.78, 5) is 5.64. The minimum Gasteiger partial charge on any atom is -0.285 e. The van der Waals surface area contributed by atoms with Crippen molar-refractivity contribution in [2.45, 2.75) is 11.8 Å². The lowest BCUT2D eigenvalue weighted by molar-refractivity contribution is 1.30. The lowest BCUT2D eigenvalue weighted by atomic mass is 10.3. The lowest BCUT2D eigenvalue weighted by Gasteiger charge is -2.03. The van der Waals surface area contributed by atoms with Crippen LogP contribution in [0, 0.1) is 6.92 Å². The highest BCUT2D eigenvalue weighted by Crippen LogP contribution is 2.27. The Bertz CT molecular complexity index is 644. The number of aromatic nitrogens is 2. The van der Waals surface area contributed by atoms with Crippen LogP contribution in [0.1, 0.15) is 5.56 Å². The van der Waals surface area contributed by atoms with Gasteiger partial charge in [0, 0.05) is 17.3 Å². The predicted molar refractivity (Wildman–Crippen MR) is 72.2 cm³/mol. The largest absolute Gasteiger partial charge is 0.285 e. The zero-order valence-electron chi connectivity index (χ0n) is 9.50. The molecule has 0 aliphatic carbocycles. The van der Waals surface area contributed by atoms with E-state index in [0.29, 0.717) is 0 Å². The van der Waals surface area contributed by atoms with Crippen LogP contribution in [-0.4, -0.2) is 8.96 Å². The molecule has 0 amide bonds. The summed E-state index contributed by atoms with van der Waals surface area (Å²) < 4.78 is 2.17.